The fraction of sp³-hybridized carbons (Fsp3) is 0.387. The summed E-state index contributed by atoms with van der Waals surface area (Å²) in [6, 6.07) is 29.1. The first-order valence-corrected chi connectivity index (χ1v) is 13.4. The van der Waals surface area contributed by atoms with Gasteiger partial charge in [0.15, 0.2) is 0 Å². The smallest absolute Gasteiger partial charge is 0.329 e. The Hall–Kier alpha value is -3.31. The van der Waals surface area contributed by atoms with Crippen molar-refractivity contribution in [2.75, 3.05) is 26.2 Å². The quantitative estimate of drug-likeness (QED) is 0.248. The second kappa shape index (κ2) is 12.1. The molecule has 188 valence electrons. The molecule has 1 fully saturated rings. The van der Waals surface area contributed by atoms with Crippen LogP contribution in [-0.4, -0.2) is 40.3 Å². The Morgan fingerprint density at radius 2 is 1.39 bits per heavy atom. The SMILES string of the molecule is O=c1n(CCCOc2ccccc2)c2ccccc2n1C1CCN(CCCCc2ccccc2)CC1. The molecule has 1 aliphatic rings. The number of aromatic nitrogens is 2. The molecule has 0 unspecified atom stereocenters. The van der Waals surface area contributed by atoms with Crippen molar-refractivity contribution in [2.24, 2.45) is 0 Å². The zero-order valence-corrected chi connectivity index (χ0v) is 21.1. The molecule has 1 aliphatic heterocycles. The molecule has 0 spiro atoms. The van der Waals surface area contributed by atoms with Crippen LogP contribution in [0.3, 0.4) is 0 Å². The number of imidazole rings is 1. The number of aryl methyl sites for hydroxylation is 2. The maximum atomic E-state index is 13.6. The molecule has 5 nitrogen and oxygen atoms in total. The lowest BCUT2D eigenvalue weighted by Crippen LogP contribution is -2.38. The number of piperidine rings is 1. The highest BCUT2D eigenvalue weighted by Crippen LogP contribution is 2.26. The molecule has 0 aliphatic carbocycles. The fourth-order valence-electron chi connectivity index (χ4n) is 5.44. The topological polar surface area (TPSA) is 39.4 Å². The van der Waals surface area contributed by atoms with Crippen molar-refractivity contribution < 1.29 is 4.74 Å². The maximum Gasteiger partial charge on any atom is 0.329 e. The normalized spacial score (nSPS) is 14.9. The summed E-state index contributed by atoms with van der Waals surface area (Å²) in [5.41, 5.74) is 3.65. The lowest BCUT2D eigenvalue weighted by molar-refractivity contribution is 0.183. The standard InChI is InChI=1S/C31H37N3O2/c35-31-33(22-11-25-36-28-15-5-2-6-16-28)29-17-7-8-18-30(29)34(31)27-19-23-32(24-20-27)21-10-9-14-26-12-3-1-4-13-26/h1-8,12-13,15-18,27H,9-11,14,19-25H2. The Kier molecular flexibility index (Phi) is 8.19. The molecule has 5 heteroatoms. The van der Waals surface area contributed by atoms with Gasteiger partial charge in [-0.05, 0) is 74.9 Å². The predicted molar refractivity (Wildman–Crippen MR) is 147 cm³/mol. The number of benzene rings is 3. The third-order valence-electron chi connectivity index (χ3n) is 7.36. The van der Waals surface area contributed by atoms with E-state index in [2.05, 4.69) is 51.9 Å². The number of nitrogens with zero attached hydrogens (tertiary/aromatic N) is 3. The largest absolute Gasteiger partial charge is 0.494 e. The Morgan fingerprint density at radius 3 is 2.14 bits per heavy atom. The van der Waals surface area contributed by atoms with Gasteiger partial charge in [-0.2, -0.15) is 0 Å². The van der Waals surface area contributed by atoms with Crippen LogP contribution in [0.4, 0.5) is 0 Å². The highest BCUT2D eigenvalue weighted by atomic mass is 16.5. The predicted octanol–water partition coefficient (Wildman–Crippen LogP) is 5.93. The third-order valence-corrected chi connectivity index (χ3v) is 7.36. The van der Waals surface area contributed by atoms with Crippen molar-refractivity contribution >= 4 is 11.0 Å². The molecule has 4 aromatic rings. The van der Waals surface area contributed by atoms with Gasteiger partial charge in [0.2, 0.25) is 0 Å². The van der Waals surface area contributed by atoms with Gasteiger partial charge in [0.25, 0.3) is 0 Å². The Labute approximate surface area is 213 Å². The third kappa shape index (κ3) is 5.90. The van der Waals surface area contributed by atoms with Crippen molar-refractivity contribution in [3.05, 3.63) is 101 Å². The Balaban J connectivity index is 1.16. The summed E-state index contributed by atoms with van der Waals surface area (Å²) in [6.45, 7) is 4.54. The average Bonchev–Trinajstić information content (AvgIpc) is 3.21. The van der Waals surface area contributed by atoms with Gasteiger partial charge in [0.05, 0.1) is 17.6 Å². The number of para-hydroxylation sites is 3. The van der Waals surface area contributed by atoms with E-state index in [0.717, 1.165) is 62.1 Å². The lowest BCUT2D eigenvalue weighted by atomic mass is 10.0. The fourth-order valence-corrected chi connectivity index (χ4v) is 5.44. The summed E-state index contributed by atoms with van der Waals surface area (Å²) in [4.78, 5) is 16.1. The summed E-state index contributed by atoms with van der Waals surface area (Å²) in [7, 11) is 0. The lowest BCUT2D eigenvalue weighted by Gasteiger charge is -2.32. The van der Waals surface area contributed by atoms with E-state index in [9.17, 15) is 4.79 Å². The number of fused-ring (bicyclic) bond motifs is 1. The van der Waals surface area contributed by atoms with Crippen molar-refractivity contribution in [3.63, 3.8) is 0 Å². The molecule has 0 amide bonds. The van der Waals surface area contributed by atoms with Crippen molar-refractivity contribution in [3.8, 4) is 5.75 Å². The minimum Gasteiger partial charge on any atom is -0.494 e. The number of rotatable bonds is 11. The van der Waals surface area contributed by atoms with E-state index in [1.807, 2.05) is 47.0 Å². The van der Waals surface area contributed by atoms with Crippen LogP contribution in [0.1, 0.15) is 43.7 Å². The molecular formula is C31H37N3O2. The average molecular weight is 484 g/mol. The monoisotopic (exact) mass is 483 g/mol. The van der Waals surface area contributed by atoms with Gasteiger partial charge >= 0.3 is 5.69 Å². The molecule has 2 heterocycles. The summed E-state index contributed by atoms with van der Waals surface area (Å²) >= 11 is 0. The zero-order valence-electron chi connectivity index (χ0n) is 21.1. The van der Waals surface area contributed by atoms with Crippen molar-refractivity contribution in [1.29, 1.82) is 0 Å². The summed E-state index contributed by atoms with van der Waals surface area (Å²) in [5, 5.41) is 0. The molecule has 0 N–H and O–H groups in total. The molecular weight excluding hydrogens is 446 g/mol. The van der Waals surface area contributed by atoms with Crippen LogP contribution in [0.15, 0.2) is 89.7 Å². The van der Waals surface area contributed by atoms with Crippen molar-refractivity contribution in [1.82, 2.24) is 14.0 Å². The van der Waals surface area contributed by atoms with Gasteiger partial charge in [0.1, 0.15) is 5.75 Å². The number of hydrogen-bond acceptors (Lipinski definition) is 3. The molecule has 0 bridgehead atoms. The number of hydrogen-bond donors (Lipinski definition) is 0. The molecule has 5 rings (SSSR count). The number of unbranched alkanes of at least 4 members (excludes halogenated alkanes) is 1. The van der Waals surface area contributed by atoms with Gasteiger partial charge in [-0.25, -0.2) is 4.79 Å². The summed E-state index contributed by atoms with van der Waals surface area (Å²) in [5.74, 6) is 0.874. The minimum atomic E-state index is 0.122. The minimum absolute atomic E-state index is 0.122. The zero-order chi connectivity index (χ0) is 24.6. The Bertz CT molecular complexity index is 1270. The van der Waals surface area contributed by atoms with Crippen LogP contribution in [0.2, 0.25) is 0 Å². The summed E-state index contributed by atoms with van der Waals surface area (Å²) in [6.07, 6.45) is 6.47. The highest BCUT2D eigenvalue weighted by Gasteiger charge is 2.24. The van der Waals surface area contributed by atoms with Crippen LogP contribution in [0.5, 0.6) is 5.75 Å². The van der Waals surface area contributed by atoms with Crippen LogP contribution in [-0.2, 0) is 13.0 Å². The number of likely N-dealkylation sites (tertiary alicyclic amines) is 1. The molecule has 1 saturated heterocycles. The van der Waals surface area contributed by atoms with E-state index in [-0.39, 0.29) is 11.7 Å². The Morgan fingerprint density at radius 1 is 0.722 bits per heavy atom. The van der Waals surface area contributed by atoms with E-state index in [0.29, 0.717) is 13.2 Å². The van der Waals surface area contributed by atoms with E-state index >= 15 is 0 Å². The van der Waals surface area contributed by atoms with Crippen LogP contribution in [0.25, 0.3) is 11.0 Å². The molecule has 3 aromatic carbocycles. The highest BCUT2D eigenvalue weighted by molar-refractivity contribution is 5.76. The van der Waals surface area contributed by atoms with Gasteiger partial charge in [0, 0.05) is 25.7 Å². The molecule has 0 atom stereocenters. The second-order valence-electron chi connectivity index (χ2n) is 9.82. The van der Waals surface area contributed by atoms with E-state index in [1.165, 1.54) is 18.4 Å². The number of ether oxygens (including phenoxy) is 1. The van der Waals surface area contributed by atoms with Crippen LogP contribution >= 0.6 is 0 Å². The second-order valence-corrected chi connectivity index (χ2v) is 9.82. The first-order valence-electron chi connectivity index (χ1n) is 13.4. The molecule has 0 radical (unpaired) electrons. The van der Waals surface area contributed by atoms with E-state index in [4.69, 9.17) is 4.74 Å². The van der Waals surface area contributed by atoms with Crippen LogP contribution in [0, 0.1) is 0 Å². The first-order chi connectivity index (χ1) is 17.8. The molecule has 0 saturated carbocycles. The van der Waals surface area contributed by atoms with E-state index < -0.39 is 0 Å². The van der Waals surface area contributed by atoms with Crippen molar-refractivity contribution in [2.45, 2.75) is 51.1 Å². The van der Waals surface area contributed by atoms with Gasteiger partial charge < -0.3 is 9.64 Å². The van der Waals surface area contributed by atoms with E-state index in [1.54, 1.807) is 0 Å². The summed E-state index contributed by atoms with van der Waals surface area (Å²) < 4.78 is 9.87. The molecule has 36 heavy (non-hydrogen) atoms. The van der Waals surface area contributed by atoms with Gasteiger partial charge in [-0.3, -0.25) is 9.13 Å². The van der Waals surface area contributed by atoms with Gasteiger partial charge in [-0.1, -0.05) is 60.7 Å². The maximum absolute atomic E-state index is 13.6. The van der Waals surface area contributed by atoms with Gasteiger partial charge in [-0.15, -0.1) is 0 Å². The first kappa shape index (κ1) is 24.4. The van der Waals surface area contributed by atoms with Crippen LogP contribution < -0.4 is 10.4 Å². The molecule has 1 aromatic heterocycles.